The molecule has 1 spiro atoms. The number of nitriles is 1. The lowest BCUT2D eigenvalue weighted by molar-refractivity contribution is 0.325. The monoisotopic (exact) mass is 302 g/mol. The Bertz CT molecular complexity index is 555. The van der Waals surface area contributed by atoms with Crippen molar-refractivity contribution in [1.82, 2.24) is 0 Å². The van der Waals surface area contributed by atoms with E-state index in [1.807, 2.05) is 6.07 Å². The normalized spacial score (nSPS) is 23.1. The molecule has 0 N–H and O–H groups in total. The number of nitrogens with zero attached hydrogens (tertiary/aromatic N) is 2. The van der Waals surface area contributed by atoms with Crippen LogP contribution in [0.3, 0.4) is 0 Å². The van der Waals surface area contributed by atoms with Gasteiger partial charge >= 0.3 is 0 Å². The zero-order chi connectivity index (χ0) is 14.9. The van der Waals surface area contributed by atoms with E-state index in [2.05, 4.69) is 30.0 Å². The molecule has 1 aliphatic heterocycles. The van der Waals surface area contributed by atoms with Crippen LogP contribution in [0.1, 0.15) is 63.4 Å². The lowest BCUT2D eigenvalue weighted by Gasteiger charge is -2.50. The van der Waals surface area contributed by atoms with E-state index in [-0.39, 0.29) is 0 Å². The summed E-state index contributed by atoms with van der Waals surface area (Å²) in [6, 6.07) is 8.63. The maximum absolute atomic E-state index is 8.84. The third-order valence-electron chi connectivity index (χ3n) is 5.27. The van der Waals surface area contributed by atoms with E-state index in [0.717, 1.165) is 18.0 Å². The van der Waals surface area contributed by atoms with Crippen LogP contribution in [0.5, 0.6) is 0 Å². The molecule has 0 amide bonds. The topological polar surface area (TPSA) is 27.0 Å². The van der Waals surface area contributed by atoms with E-state index in [1.165, 1.54) is 43.4 Å². The Hall–Kier alpha value is -1.20. The highest BCUT2D eigenvalue weighted by Crippen LogP contribution is 2.50. The highest BCUT2D eigenvalue weighted by molar-refractivity contribution is 6.30. The Morgan fingerprint density at radius 2 is 2.14 bits per heavy atom. The van der Waals surface area contributed by atoms with Gasteiger partial charge in [-0.05, 0) is 55.4 Å². The van der Waals surface area contributed by atoms with Crippen LogP contribution in [0.2, 0.25) is 5.02 Å². The van der Waals surface area contributed by atoms with Crippen molar-refractivity contribution in [2.24, 2.45) is 0 Å². The number of fused-ring (bicyclic) bond motifs is 1. The summed E-state index contributed by atoms with van der Waals surface area (Å²) in [5.74, 6) is 0.573. The van der Waals surface area contributed by atoms with Crippen molar-refractivity contribution < 1.29 is 0 Å². The van der Waals surface area contributed by atoms with Gasteiger partial charge in [-0.25, -0.2) is 0 Å². The summed E-state index contributed by atoms with van der Waals surface area (Å²) >= 11 is 6.21. The first-order chi connectivity index (χ1) is 10.2. The van der Waals surface area contributed by atoms with Gasteiger partial charge in [0.15, 0.2) is 0 Å². The molecule has 3 rings (SSSR count). The number of hydrogen-bond acceptors (Lipinski definition) is 2. The number of benzene rings is 1. The highest BCUT2D eigenvalue weighted by Gasteiger charge is 2.44. The first-order valence-electron chi connectivity index (χ1n) is 8.10. The maximum atomic E-state index is 8.84. The van der Waals surface area contributed by atoms with Gasteiger partial charge in [0.25, 0.3) is 0 Å². The van der Waals surface area contributed by atoms with Crippen LogP contribution in [0, 0.1) is 11.3 Å². The molecule has 1 aliphatic carbocycles. The van der Waals surface area contributed by atoms with Gasteiger partial charge in [0.1, 0.15) is 0 Å². The molecule has 1 heterocycles. The molecule has 0 aromatic heterocycles. The quantitative estimate of drug-likeness (QED) is 0.711. The Balaban J connectivity index is 1.98. The molecule has 112 valence electrons. The lowest BCUT2D eigenvalue weighted by atomic mass is 9.76. The lowest BCUT2D eigenvalue weighted by Crippen LogP contribution is -2.51. The minimum Gasteiger partial charge on any atom is -0.366 e. The molecule has 1 aromatic carbocycles. The van der Waals surface area contributed by atoms with Crippen LogP contribution in [0.25, 0.3) is 0 Å². The Kier molecular flexibility index (Phi) is 4.13. The molecule has 1 saturated carbocycles. The minimum atomic E-state index is 0.329. The summed E-state index contributed by atoms with van der Waals surface area (Å²) in [7, 11) is 0. The van der Waals surface area contributed by atoms with E-state index in [9.17, 15) is 0 Å². The number of unbranched alkanes of at least 4 members (excludes halogenated alkanes) is 1. The van der Waals surface area contributed by atoms with Gasteiger partial charge in [0.05, 0.1) is 6.07 Å². The minimum absolute atomic E-state index is 0.329. The fraction of sp³-hybridized carbons (Fsp3) is 0.611. The zero-order valence-corrected chi connectivity index (χ0v) is 13.5. The van der Waals surface area contributed by atoms with Crippen LogP contribution in [0.4, 0.5) is 5.69 Å². The molecule has 1 aromatic rings. The predicted octanol–water partition coefficient (Wildman–Crippen LogP) is 5.27. The molecule has 0 radical (unpaired) electrons. The van der Waals surface area contributed by atoms with Gasteiger partial charge in [-0.3, -0.25) is 0 Å². The first kappa shape index (κ1) is 14.7. The van der Waals surface area contributed by atoms with Crippen LogP contribution in [-0.2, 0) is 0 Å². The average molecular weight is 303 g/mol. The molecule has 1 fully saturated rings. The molecule has 0 bridgehead atoms. The largest absolute Gasteiger partial charge is 0.366 e. The molecule has 2 aliphatic rings. The third-order valence-corrected chi connectivity index (χ3v) is 5.51. The number of anilines is 1. The van der Waals surface area contributed by atoms with Gasteiger partial charge in [-0.2, -0.15) is 5.26 Å². The number of rotatable bonds is 3. The predicted molar refractivity (Wildman–Crippen MR) is 87.9 cm³/mol. The van der Waals surface area contributed by atoms with Gasteiger partial charge in [-0.15, -0.1) is 0 Å². The molecule has 3 heteroatoms. The molecule has 0 saturated heterocycles. The second kappa shape index (κ2) is 5.89. The first-order valence-corrected chi connectivity index (χ1v) is 8.48. The van der Waals surface area contributed by atoms with Crippen molar-refractivity contribution in [2.75, 3.05) is 11.4 Å². The fourth-order valence-corrected chi connectivity index (χ4v) is 4.57. The van der Waals surface area contributed by atoms with Crippen LogP contribution in [-0.4, -0.2) is 12.1 Å². The van der Waals surface area contributed by atoms with E-state index in [0.29, 0.717) is 17.9 Å². The number of hydrogen-bond donors (Lipinski definition) is 0. The molecular formula is C18H23ClN2. The van der Waals surface area contributed by atoms with E-state index < -0.39 is 0 Å². The van der Waals surface area contributed by atoms with Gasteiger partial charge < -0.3 is 4.90 Å². The molecule has 1 atom stereocenters. The van der Waals surface area contributed by atoms with Gasteiger partial charge in [0.2, 0.25) is 0 Å². The average Bonchev–Trinajstić information content (AvgIpc) is 2.92. The zero-order valence-electron chi connectivity index (χ0n) is 12.7. The third kappa shape index (κ3) is 2.64. The van der Waals surface area contributed by atoms with E-state index in [1.54, 1.807) is 0 Å². The summed E-state index contributed by atoms with van der Waals surface area (Å²) in [5, 5.41) is 9.67. The Labute approximate surface area is 132 Å². The molecule has 2 nitrogen and oxygen atoms in total. The van der Waals surface area contributed by atoms with Crippen molar-refractivity contribution in [3.8, 4) is 6.07 Å². The Morgan fingerprint density at radius 3 is 2.86 bits per heavy atom. The SMILES string of the molecule is CC1CC2(CCCC2)N(CCCC#N)c2ccc(Cl)cc21. The smallest absolute Gasteiger partial charge is 0.0622 e. The van der Waals surface area contributed by atoms with Gasteiger partial charge in [-0.1, -0.05) is 31.4 Å². The van der Waals surface area contributed by atoms with Crippen molar-refractivity contribution >= 4 is 17.3 Å². The van der Waals surface area contributed by atoms with Crippen LogP contribution < -0.4 is 4.90 Å². The second-order valence-electron chi connectivity index (χ2n) is 6.65. The van der Waals surface area contributed by atoms with Crippen molar-refractivity contribution in [2.45, 2.75) is 63.3 Å². The van der Waals surface area contributed by atoms with Gasteiger partial charge in [0, 0.05) is 29.2 Å². The standard InChI is InChI=1S/C18H23ClN2/c1-14-13-18(8-2-3-9-18)21(11-5-4-10-20)17-7-6-15(19)12-16(14)17/h6-7,12,14H,2-5,8-9,11,13H2,1H3. The maximum Gasteiger partial charge on any atom is 0.0622 e. The molecule has 1 unspecified atom stereocenters. The number of halogens is 1. The van der Waals surface area contributed by atoms with Crippen LogP contribution >= 0.6 is 11.6 Å². The molecular weight excluding hydrogens is 280 g/mol. The molecule has 21 heavy (non-hydrogen) atoms. The summed E-state index contributed by atoms with van der Waals surface area (Å²) in [6.07, 6.45) is 8.10. The highest BCUT2D eigenvalue weighted by atomic mass is 35.5. The Morgan fingerprint density at radius 1 is 1.38 bits per heavy atom. The van der Waals surface area contributed by atoms with Crippen LogP contribution in [0.15, 0.2) is 18.2 Å². The summed E-state index contributed by atoms with van der Waals surface area (Å²) < 4.78 is 0. The van der Waals surface area contributed by atoms with Crippen molar-refractivity contribution in [3.63, 3.8) is 0 Å². The summed E-state index contributed by atoms with van der Waals surface area (Å²) in [6.45, 7) is 3.33. The summed E-state index contributed by atoms with van der Waals surface area (Å²) in [4.78, 5) is 2.61. The second-order valence-corrected chi connectivity index (χ2v) is 7.09. The van der Waals surface area contributed by atoms with Crippen molar-refractivity contribution in [3.05, 3.63) is 28.8 Å². The van der Waals surface area contributed by atoms with E-state index >= 15 is 0 Å². The fourth-order valence-electron chi connectivity index (χ4n) is 4.39. The van der Waals surface area contributed by atoms with E-state index in [4.69, 9.17) is 16.9 Å². The summed E-state index contributed by atoms with van der Waals surface area (Å²) in [5.41, 5.74) is 3.07. The van der Waals surface area contributed by atoms with Crippen molar-refractivity contribution in [1.29, 1.82) is 5.26 Å².